The molecule has 0 aliphatic rings. The fraction of sp³-hybridized carbons (Fsp3) is 0.188. The molecule has 0 unspecified atom stereocenters. The van der Waals surface area contributed by atoms with Crippen LogP contribution in [-0.4, -0.2) is 23.8 Å². The second kappa shape index (κ2) is 7.19. The molecule has 1 amide bonds. The maximum Gasteiger partial charge on any atom is 0.258 e. The van der Waals surface area contributed by atoms with Crippen molar-refractivity contribution in [2.24, 2.45) is 0 Å². The summed E-state index contributed by atoms with van der Waals surface area (Å²) in [5.41, 5.74) is 1.93. The maximum absolute atomic E-state index is 11.7. The Kier molecular flexibility index (Phi) is 5.04. The summed E-state index contributed by atoms with van der Waals surface area (Å²) < 4.78 is 5.33. The zero-order chi connectivity index (χ0) is 15.1. The molecule has 0 saturated heterocycles. The summed E-state index contributed by atoms with van der Waals surface area (Å²) in [6.07, 6.45) is 0.615. The Labute approximate surface area is 123 Å². The third kappa shape index (κ3) is 4.42. The first kappa shape index (κ1) is 14.7. The van der Waals surface area contributed by atoms with Gasteiger partial charge >= 0.3 is 0 Å². The molecular weight excluding hydrogens is 268 g/mol. The molecule has 0 aliphatic heterocycles. The van der Waals surface area contributed by atoms with Crippen molar-refractivity contribution in [3.05, 3.63) is 59.4 Å². The van der Waals surface area contributed by atoms with Gasteiger partial charge < -0.3 is 10.1 Å². The van der Waals surface area contributed by atoms with Crippen LogP contribution in [-0.2, 0) is 11.3 Å². The molecule has 1 heterocycles. The van der Waals surface area contributed by atoms with Crippen LogP contribution in [0.25, 0.3) is 0 Å². The lowest BCUT2D eigenvalue weighted by Gasteiger charge is -2.09. The van der Waals surface area contributed by atoms with E-state index in [1.54, 1.807) is 19.1 Å². The Bertz CT molecular complexity index is 627. The SMILES string of the molecule is Cc1ccc(OCC(=O)NCc2ccccc2)c(C=O)n1. The molecule has 21 heavy (non-hydrogen) atoms. The monoisotopic (exact) mass is 284 g/mol. The van der Waals surface area contributed by atoms with Crippen LogP contribution < -0.4 is 10.1 Å². The third-order valence-electron chi connectivity index (χ3n) is 2.83. The van der Waals surface area contributed by atoms with E-state index in [1.807, 2.05) is 30.3 Å². The number of hydrogen-bond acceptors (Lipinski definition) is 4. The van der Waals surface area contributed by atoms with Crippen LogP contribution in [0.3, 0.4) is 0 Å². The smallest absolute Gasteiger partial charge is 0.258 e. The van der Waals surface area contributed by atoms with Crippen molar-refractivity contribution in [1.82, 2.24) is 10.3 Å². The van der Waals surface area contributed by atoms with E-state index >= 15 is 0 Å². The van der Waals surface area contributed by atoms with Gasteiger partial charge in [-0.25, -0.2) is 4.98 Å². The molecule has 5 nitrogen and oxygen atoms in total. The first-order valence-electron chi connectivity index (χ1n) is 6.55. The largest absolute Gasteiger partial charge is 0.481 e. The molecule has 0 bridgehead atoms. The van der Waals surface area contributed by atoms with E-state index in [2.05, 4.69) is 10.3 Å². The number of pyridine rings is 1. The number of amides is 1. The number of aromatic nitrogens is 1. The van der Waals surface area contributed by atoms with Gasteiger partial charge in [0.15, 0.2) is 12.9 Å². The van der Waals surface area contributed by atoms with Crippen molar-refractivity contribution in [1.29, 1.82) is 0 Å². The standard InChI is InChI=1S/C16H16N2O3/c1-12-7-8-15(14(10-19)18-12)21-11-16(20)17-9-13-5-3-2-4-6-13/h2-8,10H,9,11H2,1H3,(H,17,20). The van der Waals surface area contributed by atoms with Crippen LogP contribution in [0.1, 0.15) is 21.7 Å². The van der Waals surface area contributed by atoms with Crippen molar-refractivity contribution >= 4 is 12.2 Å². The number of nitrogens with one attached hydrogen (secondary N) is 1. The topological polar surface area (TPSA) is 68.3 Å². The molecule has 108 valence electrons. The molecule has 0 spiro atoms. The van der Waals surface area contributed by atoms with Gasteiger partial charge in [-0.1, -0.05) is 30.3 Å². The molecule has 0 atom stereocenters. The highest BCUT2D eigenvalue weighted by Crippen LogP contribution is 2.14. The Morgan fingerprint density at radius 1 is 1.24 bits per heavy atom. The number of hydrogen-bond donors (Lipinski definition) is 1. The average Bonchev–Trinajstić information content (AvgIpc) is 2.52. The normalized spacial score (nSPS) is 9.95. The zero-order valence-electron chi connectivity index (χ0n) is 11.7. The molecular formula is C16H16N2O3. The minimum absolute atomic E-state index is 0.154. The second-order valence-corrected chi connectivity index (χ2v) is 4.50. The first-order valence-corrected chi connectivity index (χ1v) is 6.55. The summed E-state index contributed by atoms with van der Waals surface area (Å²) in [4.78, 5) is 26.6. The van der Waals surface area contributed by atoms with Crippen LogP contribution in [0, 0.1) is 6.92 Å². The van der Waals surface area contributed by atoms with Gasteiger partial charge in [-0.15, -0.1) is 0 Å². The van der Waals surface area contributed by atoms with Gasteiger partial charge in [0.25, 0.3) is 5.91 Å². The van der Waals surface area contributed by atoms with Crippen LogP contribution in [0.2, 0.25) is 0 Å². The van der Waals surface area contributed by atoms with Crippen molar-refractivity contribution < 1.29 is 14.3 Å². The van der Waals surface area contributed by atoms with Crippen molar-refractivity contribution in [3.8, 4) is 5.75 Å². The number of rotatable bonds is 6. The number of carbonyl (C=O) groups is 2. The van der Waals surface area contributed by atoms with Gasteiger partial charge in [0.2, 0.25) is 0 Å². The van der Waals surface area contributed by atoms with E-state index in [-0.39, 0.29) is 18.2 Å². The Hall–Kier alpha value is -2.69. The van der Waals surface area contributed by atoms with E-state index in [9.17, 15) is 9.59 Å². The van der Waals surface area contributed by atoms with Gasteiger partial charge in [0, 0.05) is 12.2 Å². The lowest BCUT2D eigenvalue weighted by atomic mass is 10.2. The molecule has 0 saturated carbocycles. The van der Waals surface area contributed by atoms with Crippen molar-refractivity contribution in [3.63, 3.8) is 0 Å². The maximum atomic E-state index is 11.7. The van der Waals surface area contributed by atoms with Gasteiger partial charge in [0.1, 0.15) is 11.4 Å². The van der Waals surface area contributed by atoms with Crippen molar-refractivity contribution in [2.75, 3.05) is 6.61 Å². The Balaban J connectivity index is 1.85. The quantitative estimate of drug-likeness (QED) is 0.823. The van der Waals surface area contributed by atoms with E-state index in [1.165, 1.54) is 0 Å². The summed E-state index contributed by atoms with van der Waals surface area (Å²) in [6.45, 7) is 2.07. The van der Waals surface area contributed by atoms with E-state index < -0.39 is 0 Å². The van der Waals surface area contributed by atoms with Crippen molar-refractivity contribution in [2.45, 2.75) is 13.5 Å². The molecule has 5 heteroatoms. The number of ether oxygens (including phenoxy) is 1. The van der Waals surface area contributed by atoms with E-state index in [4.69, 9.17) is 4.74 Å². The highest BCUT2D eigenvalue weighted by atomic mass is 16.5. The summed E-state index contributed by atoms with van der Waals surface area (Å²) in [6, 6.07) is 12.9. The molecule has 0 fully saturated rings. The van der Waals surface area contributed by atoms with E-state index in [0.717, 1.165) is 11.3 Å². The van der Waals surface area contributed by atoms with E-state index in [0.29, 0.717) is 18.6 Å². The second-order valence-electron chi connectivity index (χ2n) is 4.50. The van der Waals surface area contributed by atoms with Gasteiger partial charge in [-0.2, -0.15) is 0 Å². The molecule has 2 aromatic rings. The van der Waals surface area contributed by atoms with Crippen LogP contribution in [0.5, 0.6) is 5.75 Å². The number of aldehydes is 1. The molecule has 1 aromatic heterocycles. The number of benzene rings is 1. The number of nitrogens with zero attached hydrogens (tertiary/aromatic N) is 1. The highest BCUT2D eigenvalue weighted by Gasteiger charge is 2.08. The van der Waals surface area contributed by atoms with Crippen LogP contribution in [0.15, 0.2) is 42.5 Å². The average molecular weight is 284 g/mol. The van der Waals surface area contributed by atoms with Gasteiger partial charge in [-0.05, 0) is 24.6 Å². The van der Waals surface area contributed by atoms with Gasteiger partial charge in [0.05, 0.1) is 0 Å². The predicted octanol–water partition coefficient (Wildman–Crippen LogP) is 1.90. The molecule has 1 N–H and O–H groups in total. The zero-order valence-corrected chi connectivity index (χ0v) is 11.7. The summed E-state index contributed by atoms with van der Waals surface area (Å²) in [5.74, 6) is 0.0572. The summed E-state index contributed by atoms with van der Waals surface area (Å²) in [5, 5.41) is 2.75. The Morgan fingerprint density at radius 2 is 2.00 bits per heavy atom. The predicted molar refractivity (Wildman–Crippen MR) is 78.1 cm³/mol. The minimum atomic E-state index is -0.253. The molecule has 0 radical (unpaired) electrons. The lowest BCUT2D eigenvalue weighted by Crippen LogP contribution is -2.28. The third-order valence-corrected chi connectivity index (χ3v) is 2.83. The molecule has 0 aliphatic carbocycles. The van der Waals surface area contributed by atoms with Gasteiger partial charge in [-0.3, -0.25) is 9.59 Å². The lowest BCUT2D eigenvalue weighted by molar-refractivity contribution is -0.123. The fourth-order valence-electron chi connectivity index (χ4n) is 1.76. The molecule has 2 rings (SSSR count). The van der Waals surface area contributed by atoms with Crippen LogP contribution >= 0.6 is 0 Å². The summed E-state index contributed by atoms with van der Waals surface area (Å²) in [7, 11) is 0. The Morgan fingerprint density at radius 3 is 2.71 bits per heavy atom. The number of aryl methyl sites for hydroxylation is 1. The first-order chi connectivity index (χ1) is 10.2. The minimum Gasteiger partial charge on any atom is -0.481 e. The fourth-order valence-corrected chi connectivity index (χ4v) is 1.76. The highest BCUT2D eigenvalue weighted by molar-refractivity contribution is 5.79. The number of carbonyl (C=O) groups excluding carboxylic acids is 2. The molecule has 1 aromatic carbocycles. The summed E-state index contributed by atoms with van der Waals surface area (Å²) >= 11 is 0. The van der Waals surface area contributed by atoms with Crippen LogP contribution in [0.4, 0.5) is 0 Å².